The van der Waals surface area contributed by atoms with Gasteiger partial charge >= 0.3 is 70.3 Å². The Balaban J connectivity index is 0.000000245. The summed E-state index contributed by atoms with van der Waals surface area (Å²) in [5, 5.41) is 4.24. The van der Waals surface area contributed by atoms with Gasteiger partial charge in [-0.05, 0) is 22.8 Å². The van der Waals surface area contributed by atoms with Gasteiger partial charge in [-0.3, -0.25) is 0 Å². The molecule has 0 saturated heterocycles. The summed E-state index contributed by atoms with van der Waals surface area (Å²) in [6.07, 6.45) is 10.7. The summed E-state index contributed by atoms with van der Waals surface area (Å²) in [4.78, 5) is 0. The van der Waals surface area contributed by atoms with Gasteiger partial charge in [0.05, 0.1) is 0 Å². The summed E-state index contributed by atoms with van der Waals surface area (Å²) in [6, 6.07) is 27.7. The van der Waals surface area contributed by atoms with Crippen LogP contribution in [0.5, 0.6) is 0 Å². The average Bonchev–Trinajstić information content (AvgIpc) is 3.70. The Morgan fingerprint density at radius 1 is 0.857 bits per heavy atom. The normalized spacial score (nSPS) is 12.7. The summed E-state index contributed by atoms with van der Waals surface area (Å²) < 4.78 is 2.25. The maximum atomic E-state index is 3.53. The van der Waals surface area contributed by atoms with Crippen molar-refractivity contribution in [2.45, 2.75) is 71.6 Å². The number of benzene rings is 3. The van der Waals surface area contributed by atoms with Crippen molar-refractivity contribution in [2.24, 2.45) is 0 Å². The van der Waals surface area contributed by atoms with Gasteiger partial charge < -0.3 is 24.8 Å². The standard InChI is InChI=1S/C21H25.C9H7S.C8H8.2ClH.Zr/c1-20(2,3)16-9-7-14-11-15-8-10-17(21(4,5)6)13-19(15)18(14)12-16;1-2-4-8(3-1)9-5-6-10-7-9;1-2-8-6-4-3-5-7-8;;;/h7,9-10,12-13H,11H2,1-6H3;1,3,5-7H,2H2;1,3-7H,2H2;2*1H;/q2*-1;;;;+2/p-2. The van der Waals surface area contributed by atoms with Crippen molar-refractivity contribution in [1.82, 2.24) is 0 Å². The van der Waals surface area contributed by atoms with E-state index in [1.165, 1.54) is 74.3 Å². The number of hydrogen-bond acceptors (Lipinski definition) is 1. The molecular formula is C38H40Cl2SZr-2. The molecule has 4 heteroatoms. The zero-order chi connectivity index (χ0) is 28.8. The van der Waals surface area contributed by atoms with Crippen LogP contribution in [0.2, 0.25) is 0 Å². The van der Waals surface area contributed by atoms with Gasteiger partial charge in [0, 0.05) is 0 Å². The van der Waals surface area contributed by atoms with Crippen molar-refractivity contribution < 1.29 is 49.0 Å². The van der Waals surface area contributed by atoms with Crippen LogP contribution < -0.4 is 24.8 Å². The molecule has 0 aliphatic heterocycles. The number of hydrogen-bond donors (Lipinski definition) is 0. The van der Waals surface area contributed by atoms with E-state index in [2.05, 4.69) is 141 Å². The van der Waals surface area contributed by atoms with Gasteiger partial charge in [-0.1, -0.05) is 94.2 Å². The number of rotatable bonds is 3. The Bertz CT molecular complexity index is 1420. The Hall–Kier alpha value is -1.83. The molecule has 0 radical (unpaired) electrons. The van der Waals surface area contributed by atoms with Gasteiger partial charge in [-0.25, -0.2) is 0 Å². The molecule has 0 nitrogen and oxygen atoms in total. The summed E-state index contributed by atoms with van der Waals surface area (Å²) in [7, 11) is 0. The summed E-state index contributed by atoms with van der Waals surface area (Å²) in [5.74, 6) is 0. The predicted molar refractivity (Wildman–Crippen MR) is 172 cm³/mol. The van der Waals surface area contributed by atoms with Crippen LogP contribution in [0.25, 0.3) is 16.7 Å². The van der Waals surface area contributed by atoms with E-state index >= 15 is 0 Å². The Morgan fingerprint density at radius 2 is 1.55 bits per heavy atom. The van der Waals surface area contributed by atoms with Gasteiger partial charge in [-0.15, -0.1) is 17.2 Å². The van der Waals surface area contributed by atoms with Crippen molar-refractivity contribution in [3.63, 3.8) is 0 Å². The molecule has 0 unspecified atom stereocenters. The van der Waals surface area contributed by atoms with Gasteiger partial charge in [0.15, 0.2) is 0 Å². The first-order valence-corrected chi connectivity index (χ1v) is 16.4. The fourth-order valence-electron chi connectivity index (χ4n) is 4.74. The molecule has 4 aromatic rings. The zero-order valence-corrected chi connectivity index (χ0v) is 30.3. The molecule has 2 aliphatic rings. The van der Waals surface area contributed by atoms with E-state index in [9.17, 15) is 0 Å². The first-order chi connectivity index (χ1) is 19.1. The van der Waals surface area contributed by atoms with Crippen molar-refractivity contribution in [1.29, 1.82) is 0 Å². The average molecular weight is 691 g/mol. The van der Waals surface area contributed by atoms with E-state index < -0.39 is 0 Å². The molecule has 3 aromatic carbocycles. The quantitative estimate of drug-likeness (QED) is 0.250. The number of halogens is 2. The molecule has 0 N–H and O–H groups in total. The second-order valence-electron chi connectivity index (χ2n) is 12.4. The number of thiophene rings is 1. The molecule has 0 saturated carbocycles. The molecule has 2 aliphatic carbocycles. The predicted octanol–water partition coefficient (Wildman–Crippen LogP) is 4.13. The Morgan fingerprint density at radius 3 is 2.12 bits per heavy atom. The monoisotopic (exact) mass is 688 g/mol. The minimum atomic E-state index is 0. The van der Waals surface area contributed by atoms with Crippen LogP contribution in [0.3, 0.4) is 0 Å². The summed E-state index contributed by atoms with van der Waals surface area (Å²) in [5.41, 5.74) is 12.7. The molecule has 0 amide bonds. The summed E-state index contributed by atoms with van der Waals surface area (Å²) in [6.45, 7) is 13.6. The van der Waals surface area contributed by atoms with Gasteiger partial charge in [0.1, 0.15) is 0 Å². The molecule has 0 atom stereocenters. The molecule has 0 bridgehead atoms. The van der Waals surface area contributed by atoms with Crippen molar-refractivity contribution >= 4 is 20.6 Å². The zero-order valence-electron chi connectivity index (χ0n) is 25.5. The van der Waals surface area contributed by atoms with Crippen LogP contribution in [0.15, 0.2) is 89.6 Å². The fraction of sp³-hybridized carbons (Fsp3) is 0.289. The summed E-state index contributed by atoms with van der Waals surface area (Å²) >= 11 is 3.24. The second-order valence-corrected chi connectivity index (χ2v) is 14.2. The first-order valence-electron chi connectivity index (χ1n) is 14.1. The second kappa shape index (κ2) is 16.3. The van der Waals surface area contributed by atoms with Crippen molar-refractivity contribution in [2.75, 3.05) is 0 Å². The van der Waals surface area contributed by atoms with E-state index in [0.29, 0.717) is 0 Å². The van der Waals surface area contributed by atoms with E-state index in [-0.39, 0.29) is 35.6 Å². The molecule has 6 rings (SSSR count). The Labute approximate surface area is 285 Å². The SMILES string of the molecule is CC(C)(C)c1c[c-]c2c(c1)-c1cc(C(C)(C)C)ccc1C2.[C-]1=C(c2ccsc2)C=CC1.[Cl-].[Cl-].[Zr+2]=[CH]Cc1ccccc1. The van der Waals surface area contributed by atoms with Crippen molar-refractivity contribution in [3.05, 3.63) is 135 Å². The van der Waals surface area contributed by atoms with Crippen LogP contribution in [0.4, 0.5) is 0 Å². The van der Waals surface area contributed by atoms with Gasteiger partial charge in [-0.2, -0.15) is 58.4 Å². The van der Waals surface area contributed by atoms with E-state index in [0.717, 1.165) is 19.3 Å². The fourth-order valence-corrected chi connectivity index (χ4v) is 5.97. The minimum absolute atomic E-state index is 0. The van der Waals surface area contributed by atoms with E-state index in [1.807, 2.05) is 6.07 Å². The van der Waals surface area contributed by atoms with E-state index in [1.54, 1.807) is 11.3 Å². The van der Waals surface area contributed by atoms with Crippen LogP contribution in [0, 0.1) is 12.1 Å². The maximum absolute atomic E-state index is 3.53. The third-order valence-corrected chi connectivity index (χ3v) is 8.42. The number of fused-ring (bicyclic) bond motifs is 3. The Kier molecular flexibility index (Phi) is 14.1. The molecule has 42 heavy (non-hydrogen) atoms. The van der Waals surface area contributed by atoms with Gasteiger partial charge in [0.25, 0.3) is 0 Å². The van der Waals surface area contributed by atoms with Crippen LogP contribution in [-0.4, -0.2) is 3.71 Å². The number of allylic oxidation sites excluding steroid dienone is 4. The van der Waals surface area contributed by atoms with Crippen LogP contribution in [-0.2, 0) is 47.9 Å². The van der Waals surface area contributed by atoms with E-state index in [4.69, 9.17) is 0 Å². The van der Waals surface area contributed by atoms with Crippen LogP contribution in [0.1, 0.15) is 81.3 Å². The molecule has 0 fully saturated rings. The molecule has 1 heterocycles. The molecule has 0 spiro atoms. The first kappa shape index (κ1) is 36.4. The topological polar surface area (TPSA) is 0 Å². The third kappa shape index (κ3) is 9.85. The molecule has 1 aromatic heterocycles. The molecular weight excluding hydrogens is 651 g/mol. The van der Waals surface area contributed by atoms with Crippen molar-refractivity contribution in [3.8, 4) is 11.1 Å². The van der Waals surface area contributed by atoms with Crippen LogP contribution >= 0.6 is 11.3 Å². The third-order valence-electron chi connectivity index (χ3n) is 7.23. The van der Waals surface area contributed by atoms with Gasteiger partial charge in [0.2, 0.25) is 0 Å². The molecule has 218 valence electrons.